The molecule has 0 aliphatic heterocycles. The van der Waals surface area contributed by atoms with Crippen LogP contribution < -0.4 is 20.1 Å². The van der Waals surface area contributed by atoms with Crippen LogP contribution >= 0.6 is 15.9 Å². The molecule has 0 saturated carbocycles. The summed E-state index contributed by atoms with van der Waals surface area (Å²) in [5.74, 6) is 0.982. The van der Waals surface area contributed by atoms with Gasteiger partial charge in [-0.25, -0.2) is 4.39 Å². The van der Waals surface area contributed by atoms with Crippen LogP contribution in [0.3, 0.4) is 0 Å². The molecule has 7 heteroatoms. The Morgan fingerprint density at radius 2 is 1.81 bits per heavy atom. The van der Waals surface area contributed by atoms with Gasteiger partial charge in [0.2, 0.25) is 0 Å². The zero-order valence-electron chi connectivity index (χ0n) is 15.6. The van der Waals surface area contributed by atoms with Crippen molar-refractivity contribution in [3.8, 4) is 11.5 Å². The van der Waals surface area contributed by atoms with Crippen LogP contribution in [0.2, 0.25) is 0 Å². The Balaban J connectivity index is 1.90. The van der Waals surface area contributed by atoms with E-state index in [0.29, 0.717) is 31.2 Å². The molecule has 27 heavy (non-hydrogen) atoms. The van der Waals surface area contributed by atoms with Crippen LogP contribution in [0, 0.1) is 5.82 Å². The summed E-state index contributed by atoms with van der Waals surface area (Å²) in [6.45, 7) is 4.91. The van der Waals surface area contributed by atoms with Crippen LogP contribution in [-0.4, -0.2) is 38.0 Å². The van der Waals surface area contributed by atoms with E-state index in [9.17, 15) is 9.50 Å². The second kappa shape index (κ2) is 11.2. The number of ether oxygens (including phenoxy) is 2. The highest BCUT2D eigenvalue weighted by atomic mass is 79.9. The highest BCUT2D eigenvalue weighted by molar-refractivity contribution is 9.10. The zero-order chi connectivity index (χ0) is 19.6. The van der Waals surface area contributed by atoms with Crippen LogP contribution in [-0.2, 0) is 13.2 Å². The lowest BCUT2D eigenvalue weighted by Crippen LogP contribution is -2.31. The van der Waals surface area contributed by atoms with Gasteiger partial charge in [0, 0.05) is 26.2 Å². The minimum atomic E-state index is -0.340. The molecule has 0 bridgehead atoms. The fourth-order valence-electron chi connectivity index (χ4n) is 2.47. The van der Waals surface area contributed by atoms with Crippen molar-refractivity contribution in [2.45, 2.75) is 26.2 Å². The second-order valence-corrected chi connectivity index (χ2v) is 7.11. The Morgan fingerprint density at radius 3 is 2.48 bits per heavy atom. The molecule has 5 nitrogen and oxygen atoms in total. The zero-order valence-corrected chi connectivity index (χ0v) is 17.2. The predicted molar refractivity (Wildman–Crippen MR) is 108 cm³/mol. The maximum Gasteiger partial charge on any atom is 0.175 e. The lowest BCUT2D eigenvalue weighted by Gasteiger charge is -2.15. The summed E-state index contributed by atoms with van der Waals surface area (Å²) >= 11 is 3.54. The summed E-state index contributed by atoms with van der Waals surface area (Å²) in [6.07, 6.45) is -0.340. The van der Waals surface area contributed by atoms with Gasteiger partial charge in [-0.3, -0.25) is 0 Å². The van der Waals surface area contributed by atoms with Gasteiger partial charge in [-0.1, -0.05) is 12.1 Å². The van der Waals surface area contributed by atoms with Crippen LogP contribution in [0.4, 0.5) is 4.39 Å². The average molecular weight is 441 g/mol. The Hall–Kier alpha value is -1.67. The van der Waals surface area contributed by atoms with Gasteiger partial charge >= 0.3 is 0 Å². The number of hydrogen-bond donors (Lipinski definition) is 3. The van der Waals surface area contributed by atoms with Gasteiger partial charge in [-0.15, -0.1) is 0 Å². The molecule has 0 spiro atoms. The lowest BCUT2D eigenvalue weighted by molar-refractivity contribution is 0.191. The van der Waals surface area contributed by atoms with E-state index in [2.05, 4.69) is 26.6 Å². The number of halogens is 2. The highest BCUT2D eigenvalue weighted by Crippen LogP contribution is 2.37. The number of benzene rings is 2. The molecule has 0 aliphatic rings. The molecule has 0 fully saturated rings. The standard InChI is InChI=1S/C20H26BrFN2O3/c1-14(25)11-23-7-8-24-12-16-9-18(21)20(19(10-16)26-2)27-13-15-3-5-17(22)6-4-15/h3-6,9-10,14,23-25H,7-8,11-13H2,1-2H3. The summed E-state index contributed by atoms with van der Waals surface area (Å²) in [6, 6.07) is 10.1. The van der Waals surface area contributed by atoms with E-state index in [1.807, 2.05) is 12.1 Å². The second-order valence-electron chi connectivity index (χ2n) is 6.25. The van der Waals surface area contributed by atoms with Crippen molar-refractivity contribution in [1.82, 2.24) is 10.6 Å². The van der Waals surface area contributed by atoms with E-state index in [1.165, 1.54) is 12.1 Å². The van der Waals surface area contributed by atoms with Crippen LogP contribution in [0.5, 0.6) is 11.5 Å². The van der Waals surface area contributed by atoms with E-state index < -0.39 is 0 Å². The fourth-order valence-corrected chi connectivity index (χ4v) is 3.08. The molecule has 1 unspecified atom stereocenters. The van der Waals surface area contributed by atoms with Crippen molar-refractivity contribution in [3.05, 3.63) is 57.8 Å². The monoisotopic (exact) mass is 440 g/mol. The fraction of sp³-hybridized carbons (Fsp3) is 0.400. The number of aliphatic hydroxyl groups excluding tert-OH is 1. The van der Waals surface area contributed by atoms with E-state index in [1.54, 1.807) is 26.2 Å². The van der Waals surface area contributed by atoms with Crippen molar-refractivity contribution in [3.63, 3.8) is 0 Å². The Morgan fingerprint density at radius 1 is 1.11 bits per heavy atom. The molecular formula is C20H26BrFN2O3. The molecule has 1 atom stereocenters. The summed E-state index contributed by atoms with van der Waals surface area (Å²) in [5, 5.41) is 15.7. The molecule has 2 aromatic rings. The largest absolute Gasteiger partial charge is 0.493 e. The number of aliphatic hydroxyl groups is 1. The van der Waals surface area contributed by atoms with Gasteiger partial charge in [-0.05, 0) is 58.2 Å². The van der Waals surface area contributed by atoms with Crippen molar-refractivity contribution in [2.24, 2.45) is 0 Å². The maximum atomic E-state index is 13.0. The summed E-state index contributed by atoms with van der Waals surface area (Å²) in [5.41, 5.74) is 1.93. The van der Waals surface area contributed by atoms with Crippen molar-refractivity contribution in [2.75, 3.05) is 26.7 Å². The molecule has 0 aromatic heterocycles. The van der Waals surface area contributed by atoms with Gasteiger partial charge in [0.05, 0.1) is 17.7 Å². The van der Waals surface area contributed by atoms with Crippen LogP contribution in [0.1, 0.15) is 18.1 Å². The topological polar surface area (TPSA) is 62.8 Å². The number of methoxy groups -OCH3 is 1. The van der Waals surface area contributed by atoms with E-state index in [4.69, 9.17) is 9.47 Å². The average Bonchev–Trinajstić information content (AvgIpc) is 2.64. The van der Waals surface area contributed by atoms with Crippen molar-refractivity contribution in [1.29, 1.82) is 0 Å². The first kappa shape index (κ1) is 21.6. The van der Waals surface area contributed by atoms with Gasteiger partial charge in [-0.2, -0.15) is 0 Å². The van der Waals surface area contributed by atoms with Gasteiger partial charge in [0.25, 0.3) is 0 Å². The molecule has 0 amide bonds. The molecule has 0 heterocycles. The Kier molecular flexibility index (Phi) is 9.00. The summed E-state index contributed by atoms with van der Waals surface area (Å²) in [4.78, 5) is 0. The first-order valence-corrected chi connectivity index (χ1v) is 9.62. The number of hydrogen-bond acceptors (Lipinski definition) is 5. The normalized spacial score (nSPS) is 12.0. The lowest BCUT2D eigenvalue weighted by atomic mass is 10.2. The Labute approximate surface area is 168 Å². The first-order valence-electron chi connectivity index (χ1n) is 8.82. The molecular weight excluding hydrogens is 415 g/mol. The molecule has 0 aliphatic carbocycles. The summed E-state index contributed by atoms with van der Waals surface area (Å²) < 4.78 is 25.1. The van der Waals surface area contributed by atoms with E-state index >= 15 is 0 Å². The molecule has 2 rings (SSSR count). The maximum absolute atomic E-state index is 13.0. The van der Waals surface area contributed by atoms with Crippen molar-refractivity contribution >= 4 is 15.9 Å². The van der Waals surface area contributed by atoms with Gasteiger partial charge in [0.15, 0.2) is 11.5 Å². The van der Waals surface area contributed by atoms with Crippen LogP contribution in [0.25, 0.3) is 0 Å². The third-order valence-corrected chi connectivity index (χ3v) is 4.42. The molecule has 148 valence electrons. The molecule has 0 saturated heterocycles. The minimum Gasteiger partial charge on any atom is -0.493 e. The molecule has 3 N–H and O–H groups in total. The van der Waals surface area contributed by atoms with Gasteiger partial charge in [0.1, 0.15) is 12.4 Å². The van der Waals surface area contributed by atoms with E-state index in [0.717, 1.165) is 28.7 Å². The number of rotatable bonds is 11. The van der Waals surface area contributed by atoms with Gasteiger partial charge < -0.3 is 25.2 Å². The Bertz CT molecular complexity index is 711. The summed E-state index contributed by atoms with van der Waals surface area (Å²) in [7, 11) is 1.60. The third kappa shape index (κ3) is 7.46. The predicted octanol–water partition coefficient (Wildman–Crippen LogP) is 3.24. The molecule has 0 radical (unpaired) electrons. The quantitative estimate of drug-likeness (QED) is 0.468. The SMILES string of the molecule is COc1cc(CNCCNCC(C)O)cc(Br)c1OCc1ccc(F)cc1. The highest BCUT2D eigenvalue weighted by Gasteiger charge is 2.12. The first-order chi connectivity index (χ1) is 13.0. The smallest absolute Gasteiger partial charge is 0.175 e. The third-order valence-electron chi connectivity index (χ3n) is 3.83. The van der Waals surface area contributed by atoms with Crippen LogP contribution in [0.15, 0.2) is 40.9 Å². The minimum absolute atomic E-state index is 0.268. The van der Waals surface area contributed by atoms with E-state index in [-0.39, 0.29) is 11.9 Å². The number of nitrogens with one attached hydrogen (secondary N) is 2. The van der Waals surface area contributed by atoms with Crippen molar-refractivity contribution < 1.29 is 19.0 Å². The molecule has 2 aromatic carbocycles.